The fourth-order valence-corrected chi connectivity index (χ4v) is 4.05. The molecule has 1 aromatic carbocycles. The summed E-state index contributed by atoms with van der Waals surface area (Å²) in [7, 11) is 0. The lowest BCUT2D eigenvalue weighted by atomic mass is 9.94. The third kappa shape index (κ3) is 8.17. The molecule has 3 N–H and O–H groups in total. The normalized spacial score (nSPS) is 16.1. The van der Waals surface area contributed by atoms with E-state index >= 15 is 0 Å². The van der Waals surface area contributed by atoms with E-state index < -0.39 is 36.3 Å². The average molecular weight is 474 g/mol. The van der Waals surface area contributed by atoms with Crippen LogP contribution in [0.4, 0.5) is 4.79 Å². The zero-order valence-corrected chi connectivity index (χ0v) is 20.8. The first-order chi connectivity index (χ1) is 16.1. The Labute approximate surface area is 202 Å². The maximum absolute atomic E-state index is 13.5. The molecule has 8 nitrogen and oxygen atoms in total. The summed E-state index contributed by atoms with van der Waals surface area (Å²) in [6.07, 6.45) is 5.78. The molecule has 1 aliphatic rings. The van der Waals surface area contributed by atoms with Crippen LogP contribution in [0.2, 0.25) is 0 Å². The summed E-state index contributed by atoms with van der Waals surface area (Å²) in [4.78, 5) is 40.6. The van der Waals surface area contributed by atoms with Gasteiger partial charge in [-0.1, -0.05) is 55.2 Å². The molecule has 2 unspecified atom stereocenters. The number of hydrogen-bond acceptors (Lipinski definition) is 5. The maximum Gasteiger partial charge on any atom is 0.408 e. The number of alkyl carbamates (subject to hydrolysis) is 1. The molecule has 0 spiro atoms. The van der Waals surface area contributed by atoms with E-state index in [9.17, 15) is 19.5 Å². The Morgan fingerprint density at radius 1 is 1.18 bits per heavy atom. The monoisotopic (exact) mass is 473 g/mol. The van der Waals surface area contributed by atoms with Crippen LogP contribution in [-0.2, 0) is 14.3 Å². The second-order valence-corrected chi connectivity index (χ2v) is 9.82. The molecule has 3 amide bonds. The summed E-state index contributed by atoms with van der Waals surface area (Å²) in [5.74, 6) is -0.891. The number of nitrogens with one attached hydrogen (secondary N) is 2. The third-order valence-corrected chi connectivity index (χ3v) is 5.69. The van der Waals surface area contributed by atoms with Crippen molar-refractivity contribution in [3.8, 4) is 0 Å². The van der Waals surface area contributed by atoms with E-state index in [4.69, 9.17) is 4.74 Å². The van der Waals surface area contributed by atoms with Crippen LogP contribution in [0.25, 0.3) is 0 Å². The number of benzene rings is 1. The summed E-state index contributed by atoms with van der Waals surface area (Å²) >= 11 is 0. The van der Waals surface area contributed by atoms with Crippen LogP contribution in [0.15, 0.2) is 36.9 Å². The number of aliphatic hydroxyl groups excluding tert-OH is 1. The Morgan fingerprint density at radius 3 is 2.32 bits per heavy atom. The Kier molecular flexibility index (Phi) is 10.1. The van der Waals surface area contributed by atoms with Crippen LogP contribution in [0, 0.1) is 6.92 Å². The molecule has 0 aliphatic heterocycles. The van der Waals surface area contributed by atoms with Crippen molar-refractivity contribution in [2.24, 2.45) is 0 Å². The highest BCUT2D eigenvalue weighted by molar-refractivity contribution is 5.92. The molecule has 1 fully saturated rings. The van der Waals surface area contributed by atoms with Gasteiger partial charge in [0.2, 0.25) is 11.8 Å². The molecule has 0 aromatic heterocycles. The van der Waals surface area contributed by atoms with Gasteiger partial charge in [0, 0.05) is 12.6 Å². The number of rotatable bonds is 9. The lowest BCUT2D eigenvalue weighted by Crippen LogP contribution is -2.55. The first kappa shape index (κ1) is 27.4. The van der Waals surface area contributed by atoms with E-state index in [0.717, 1.165) is 37.7 Å². The van der Waals surface area contributed by atoms with Crippen LogP contribution >= 0.6 is 0 Å². The van der Waals surface area contributed by atoms with Gasteiger partial charge in [0.25, 0.3) is 0 Å². The minimum Gasteiger partial charge on any atom is -0.444 e. The van der Waals surface area contributed by atoms with Crippen molar-refractivity contribution in [3.05, 3.63) is 48.0 Å². The van der Waals surface area contributed by atoms with E-state index in [1.807, 2.05) is 31.2 Å². The van der Waals surface area contributed by atoms with E-state index in [1.165, 1.54) is 11.0 Å². The number of carbonyl (C=O) groups excluding carboxylic acids is 3. The first-order valence-electron chi connectivity index (χ1n) is 11.9. The van der Waals surface area contributed by atoms with Gasteiger partial charge in [0.15, 0.2) is 0 Å². The smallest absolute Gasteiger partial charge is 0.408 e. The van der Waals surface area contributed by atoms with Crippen molar-refractivity contribution >= 4 is 17.9 Å². The fourth-order valence-electron chi connectivity index (χ4n) is 4.05. The Bertz CT molecular complexity index is 841. The summed E-state index contributed by atoms with van der Waals surface area (Å²) in [5, 5.41) is 15.4. The SMILES string of the molecule is C=CCN(C(=O)C(CO)NC(=O)OC(C)(C)C)C(C(=O)NC1CCCCC1)c1ccc(C)cc1. The topological polar surface area (TPSA) is 108 Å². The summed E-state index contributed by atoms with van der Waals surface area (Å²) in [6, 6.07) is 5.25. The van der Waals surface area contributed by atoms with Crippen molar-refractivity contribution in [1.29, 1.82) is 0 Å². The van der Waals surface area contributed by atoms with Crippen LogP contribution < -0.4 is 10.6 Å². The summed E-state index contributed by atoms with van der Waals surface area (Å²) in [6.45, 7) is 10.2. The molecule has 0 heterocycles. The highest BCUT2D eigenvalue weighted by atomic mass is 16.6. The van der Waals surface area contributed by atoms with Crippen molar-refractivity contribution < 1.29 is 24.2 Å². The molecule has 1 aliphatic carbocycles. The largest absolute Gasteiger partial charge is 0.444 e. The predicted octanol–water partition coefficient (Wildman–Crippen LogP) is 3.39. The lowest BCUT2D eigenvalue weighted by molar-refractivity contribution is -0.143. The van der Waals surface area contributed by atoms with Gasteiger partial charge in [-0.15, -0.1) is 6.58 Å². The average Bonchev–Trinajstić information content (AvgIpc) is 2.77. The van der Waals surface area contributed by atoms with E-state index in [0.29, 0.717) is 5.56 Å². The Hall–Kier alpha value is -2.87. The van der Waals surface area contributed by atoms with Gasteiger partial charge in [-0.2, -0.15) is 0 Å². The second kappa shape index (κ2) is 12.6. The molecule has 0 radical (unpaired) electrons. The van der Waals surface area contributed by atoms with Crippen LogP contribution in [0.3, 0.4) is 0 Å². The van der Waals surface area contributed by atoms with E-state index in [1.54, 1.807) is 20.8 Å². The van der Waals surface area contributed by atoms with Gasteiger partial charge in [-0.25, -0.2) is 4.79 Å². The van der Waals surface area contributed by atoms with E-state index in [-0.39, 0.29) is 18.5 Å². The molecule has 0 saturated heterocycles. The molecule has 34 heavy (non-hydrogen) atoms. The van der Waals surface area contributed by atoms with Crippen LogP contribution in [0.1, 0.15) is 70.0 Å². The van der Waals surface area contributed by atoms with Gasteiger partial charge < -0.3 is 25.4 Å². The van der Waals surface area contributed by atoms with Gasteiger partial charge in [0.1, 0.15) is 17.7 Å². The molecule has 2 rings (SSSR count). The summed E-state index contributed by atoms with van der Waals surface area (Å²) in [5.41, 5.74) is 0.901. The molecule has 188 valence electrons. The first-order valence-corrected chi connectivity index (χ1v) is 11.9. The van der Waals surface area contributed by atoms with Crippen LogP contribution in [-0.4, -0.2) is 58.8 Å². The molecular weight excluding hydrogens is 434 g/mol. The third-order valence-electron chi connectivity index (χ3n) is 5.69. The highest BCUT2D eigenvalue weighted by Crippen LogP contribution is 2.25. The predicted molar refractivity (Wildman–Crippen MR) is 131 cm³/mol. The molecule has 2 atom stereocenters. The number of nitrogens with zero attached hydrogens (tertiary/aromatic N) is 1. The Morgan fingerprint density at radius 2 is 1.79 bits per heavy atom. The number of aryl methyl sites for hydroxylation is 1. The highest BCUT2D eigenvalue weighted by Gasteiger charge is 2.36. The van der Waals surface area contributed by atoms with Crippen molar-refractivity contribution in [2.75, 3.05) is 13.2 Å². The van der Waals surface area contributed by atoms with Crippen molar-refractivity contribution in [2.45, 2.75) is 83.5 Å². The zero-order valence-electron chi connectivity index (χ0n) is 20.8. The molecule has 1 saturated carbocycles. The number of amides is 3. The lowest BCUT2D eigenvalue weighted by Gasteiger charge is -2.34. The van der Waals surface area contributed by atoms with Gasteiger partial charge in [-0.3, -0.25) is 9.59 Å². The van der Waals surface area contributed by atoms with Gasteiger partial charge in [-0.05, 0) is 46.1 Å². The van der Waals surface area contributed by atoms with Crippen molar-refractivity contribution in [3.63, 3.8) is 0 Å². The molecule has 1 aromatic rings. The zero-order chi connectivity index (χ0) is 25.3. The standard InChI is InChI=1S/C26H39N3O5/c1-6-16-29(24(32)21(17-30)28-25(33)34-26(3,4)5)22(19-14-12-18(2)13-15-19)23(31)27-20-10-8-7-9-11-20/h6,12-15,20-22,30H,1,7-11,16-17H2,2-5H3,(H,27,31)(H,28,33). The minimum absolute atomic E-state index is 0.0575. The number of hydrogen-bond donors (Lipinski definition) is 3. The quantitative estimate of drug-likeness (QED) is 0.477. The van der Waals surface area contributed by atoms with Crippen LogP contribution in [0.5, 0.6) is 0 Å². The van der Waals surface area contributed by atoms with Gasteiger partial charge in [0.05, 0.1) is 6.61 Å². The summed E-state index contributed by atoms with van der Waals surface area (Å²) < 4.78 is 5.23. The van der Waals surface area contributed by atoms with Crippen molar-refractivity contribution in [1.82, 2.24) is 15.5 Å². The second-order valence-electron chi connectivity index (χ2n) is 9.82. The number of carbonyl (C=O) groups is 3. The number of aliphatic hydroxyl groups is 1. The van der Waals surface area contributed by atoms with E-state index in [2.05, 4.69) is 17.2 Å². The minimum atomic E-state index is -1.27. The number of ether oxygens (including phenoxy) is 1. The van der Waals surface area contributed by atoms with Gasteiger partial charge >= 0.3 is 6.09 Å². The maximum atomic E-state index is 13.5. The molecular formula is C26H39N3O5. The fraction of sp³-hybridized carbons (Fsp3) is 0.577. The molecule has 0 bridgehead atoms. The molecule has 8 heteroatoms. The Balaban J connectivity index is 2.34.